The van der Waals surface area contributed by atoms with Crippen molar-refractivity contribution in [2.45, 2.75) is 0 Å². The molecule has 0 aliphatic rings. The third kappa shape index (κ3) is 3.44. The lowest BCUT2D eigenvalue weighted by Crippen LogP contribution is -2.06. The standard InChI is InChI=1S/C22H16ClN3/c23-18-14-20-19(12-7-13-24-20)21(15-18)25-26-22(16-8-3-1-4-9-16)17-10-5-2-6-11-17/h1-15,25H. The number of fused-ring (bicyclic) bond motifs is 1. The zero-order chi connectivity index (χ0) is 17.8. The minimum atomic E-state index is 0.620. The van der Waals surface area contributed by atoms with Gasteiger partial charge in [-0.3, -0.25) is 10.4 Å². The molecule has 126 valence electrons. The molecule has 0 atom stereocenters. The molecule has 0 aliphatic heterocycles. The molecule has 4 aromatic rings. The van der Waals surface area contributed by atoms with E-state index in [4.69, 9.17) is 16.7 Å². The minimum absolute atomic E-state index is 0.620. The number of benzene rings is 3. The van der Waals surface area contributed by atoms with Crippen LogP contribution in [0.25, 0.3) is 10.9 Å². The normalized spacial score (nSPS) is 10.5. The first-order valence-electron chi connectivity index (χ1n) is 8.30. The quantitative estimate of drug-likeness (QED) is 0.373. The van der Waals surface area contributed by atoms with Crippen LogP contribution >= 0.6 is 11.6 Å². The highest BCUT2D eigenvalue weighted by atomic mass is 35.5. The summed E-state index contributed by atoms with van der Waals surface area (Å²) in [7, 11) is 0. The van der Waals surface area contributed by atoms with E-state index in [2.05, 4.69) is 10.4 Å². The summed E-state index contributed by atoms with van der Waals surface area (Å²) in [6, 6.07) is 27.8. The fraction of sp³-hybridized carbons (Fsp3) is 0. The van der Waals surface area contributed by atoms with Crippen LogP contribution in [-0.2, 0) is 0 Å². The van der Waals surface area contributed by atoms with Gasteiger partial charge in [0.15, 0.2) is 0 Å². The van der Waals surface area contributed by atoms with Crippen molar-refractivity contribution in [1.29, 1.82) is 0 Å². The number of rotatable bonds is 4. The number of anilines is 1. The van der Waals surface area contributed by atoms with Crippen molar-refractivity contribution in [2.24, 2.45) is 5.10 Å². The largest absolute Gasteiger partial charge is 0.277 e. The van der Waals surface area contributed by atoms with Gasteiger partial charge in [0, 0.05) is 27.7 Å². The fourth-order valence-corrected chi connectivity index (χ4v) is 3.06. The number of hydrazone groups is 1. The highest BCUT2D eigenvalue weighted by Crippen LogP contribution is 2.27. The third-order valence-electron chi connectivity index (χ3n) is 4.07. The molecule has 3 aromatic carbocycles. The van der Waals surface area contributed by atoms with Gasteiger partial charge in [0.05, 0.1) is 16.9 Å². The van der Waals surface area contributed by atoms with Gasteiger partial charge in [-0.2, -0.15) is 5.10 Å². The van der Waals surface area contributed by atoms with Gasteiger partial charge in [-0.15, -0.1) is 0 Å². The van der Waals surface area contributed by atoms with E-state index in [1.165, 1.54) is 0 Å². The van der Waals surface area contributed by atoms with E-state index in [0.717, 1.165) is 33.4 Å². The summed E-state index contributed by atoms with van der Waals surface area (Å²) in [5.41, 5.74) is 7.78. The van der Waals surface area contributed by atoms with Crippen LogP contribution in [0, 0.1) is 0 Å². The van der Waals surface area contributed by atoms with Crippen LogP contribution in [0.5, 0.6) is 0 Å². The number of hydrogen-bond donors (Lipinski definition) is 1. The van der Waals surface area contributed by atoms with Gasteiger partial charge in [-0.25, -0.2) is 0 Å². The van der Waals surface area contributed by atoms with E-state index in [-0.39, 0.29) is 0 Å². The van der Waals surface area contributed by atoms with Crippen LogP contribution in [0.2, 0.25) is 5.02 Å². The Kier molecular flexibility index (Phi) is 4.63. The van der Waals surface area contributed by atoms with Crippen LogP contribution in [0.15, 0.2) is 96.2 Å². The molecule has 0 radical (unpaired) electrons. The van der Waals surface area contributed by atoms with Gasteiger partial charge in [0.2, 0.25) is 0 Å². The lowest BCUT2D eigenvalue weighted by molar-refractivity contribution is 1.33. The summed E-state index contributed by atoms with van der Waals surface area (Å²) in [5.74, 6) is 0. The summed E-state index contributed by atoms with van der Waals surface area (Å²) >= 11 is 6.24. The highest BCUT2D eigenvalue weighted by Gasteiger charge is 2.08. The molecule has 0 aliphatic carbocycles. The number of pyridine rings is 1. The molecule has 0 bridgehead atoms. The monoisotopic (exact) mass is 357 g/mol. The molecule has 0 spiro atoms. The van der Waals surface area contributed by atoms with Crippen molar-refractivity contribution >= 4 is 33.9 Å². The molecule has 4 rings (SSSR count). The summed E-state index contributed by atoms with van der Waals surface area (Å²) in [4.78, 5) is 4.37. The second-order valence-corrected chi connectivity index (χ2v) is 6.26. The SMILES string of the molecule is Clc1cc(NN=C(c2ccccc2)c2ccccc2)c2cccnc2c1. The predicted octanol–water partition coefficient (Wildman–Crippen LogP) is 5.75. The van der Waals surface area contributed by atoms with E-state index < -0.39 is 0 Å². The fourth-order valence-electron chi connectivity index (χ4n) is 2.84. The molecule has 4 heteroatoms. The second kappa shape index (κ2) is 7.38. The van der Waals surface area contributed by atoms with Crippen LogP contribution in [-0.4, -0.2) is 10.7 Å². The van der Waals surface area contributed by atoms with Gasteiger partial charge in [-0.1, -0.05) is 72.3 Å². The van der Waals surface area contributed by atoms with Crippen LogP contribution in [0.1, 0.15) is 11.1 Å². The third-order valence-corrected chi connectivity index (χ3v) is 4.29. The summed E-state index contributed by atoms with van der Waals surface area (Å²) < 4.78 is 0. The van der Waals surface area contributed by atoms with E-state index in [1.54, 1.807) is 6.20 Å². The maximum Gasteiger partial charge on any atom is 0.0977 e. The maximum absolute atomic E-state index is 6.24. The number of halogens is 1. The maximum atomic E-state index is 6.24. The topological polar surface area (TPSA) is 37.3 Å². The Balaban J connectivity index is 1.80. The Bertz CT molecular complexity index is 1020. The molecule has 3 nitrogen and oxygen atoms in total. The summed E-state index contributed by atoms with van der Waals surface area (Å²) in [6.07, 6.45) is 1.76. The molecule has 1 heterocycles. The number of nitrogens with zero attached hydrogens (tertiary/aromatic N) is 2. The summed E-state index contributed by atoms with van der Waals surface area (Å²) in [5, 5.41) is 6.30. The minimum Gasteiger partial charge on any atom is -0.277 e. The Morgan fingerprint density at radius 2 is 1.46 bits per heavy atom. The Morgan fingerprint density at radius 1 is 0.808 bits per heavy atom. The van der Waals surface area contributed by atoms with Crippen LogP contribution in [0.4, 0.5) is 5.69 Å². The van der Waals surface area contributed by atoms with Crippen molar-refractivity contribution in [3.05, 3.63) is 107 Å². The van der Waals surface area contributed by atoms with Gasteiger partial charge in [0.1, 0.15) is 0 Å². The molecule has 0 unspecified atom stereocenters. The van der Waals surface area contributed by atoms with E-state index >= 15 is 0 Å². The molecular weight excluding hydrogens is 342 g/mol. The predicted molar refractivity (Wildman–Crippen MR) is 109 cm³/mol. The first kappa shape index (κ1) is 16.3. The zero-order valence-corrected chi connectivity index (χ0v) is 14.7. The molecule has 0 saturated heterocycles. The van der Waals surface area contributed by atoms with Crippen molar-refractivity contribution < 1.29 is 0 Å². The molecule has 26 heavy (non-hydrogen) atoms. The average molecular weight is 358 g/mol. The molecule has 0 saturated carbocycles. The van der Waals surface area contributed by atoms with Crippen molar-refractivity contribution in [3.63, 3.8) is 0 Å². The van der Waals surface area contributed by atoms with E-state index in [0.29, 0.717) is 5.02 Å². The second-order valence-electron chi connectivity index (χ2n) is 5.83. The van der Waals surface area contributed by atoms with Gasteiger partial charge in [-0.05, 0) is 24.3 Å². The summed E-state index contributed by atoms with van der Waals surface area (Å²) in [6.45, 7) is 0. The number of nitrogens with one attached hydrogen (secondary N) is 1. The van der Waals surface area contributed by atoms with Crippen molar-refractivity contribution in [1.82, 2.24) is 4.98 Å². The lowest BCUT2D eigenvalue weighted by atomic mass is 10.0. The Hall–Kier alpha value is -3.17. The van der Waals surface area contributed by atoms with Crippen molar-refractivity contribution in [3.8, 4) is 0 Å². The van der Waals surface area contributed by atoms with Gasteiger partial charge in [0.25, 0.3) is 0 Å². The zero-order valence-electron chi connectivity index (χ0n) is 13.9. The molecule has 0 fully saturated rings. The lowest BCUT2D eigenvalue weighted by Gasteiger charge is -2.10. The Labute approximate surface area is 157 Å². The first-order chi connectivity index (χ1) is 12.8. The molecular formula is C22H16ClN3. The van der Waals surface area contributed by atoms with Gasteiger partial charge < -0.3 is 0 Å². The number of hydrogen-bond acceptors (Lipinski definition) is 3. The Morgan fingerprint density at radius 3 is 2.12 bits per heavy atom. The van der Waals surface area contributed by atoms with Crippen LogP contribution < -0.4 is 5.43 Å². The van der Waals surface area contributed by atoms with E-state index in [9.17, 15) is 0 Å². The highest BCUT2D eigenvalue weighted by molar-refractivity contribution is 6.31. The van der Waals surface area contributed by atoms with Crippen molar-refractivity contribution in [2.75, 3.05) is 5.43 Å². The molecule has 0 amide bonds. The smallest absolute Gasteiger partial charge is 0.0977 e. The number of aromatic nitrogens is 1. The van der Waals surface area contributed by atoms with E-state index in [1.807, 2.05) is 84.9 Å². The first-order valence-corrected chi connectivity index (χ1v) is 8.68. The molecule has 1 N–H and O–H groups in total. The molecule has 1 aromatic heterocycles. The van der Waals surface area contributed by atoms with Gasteiger partial charge >= 0.3 is 0 Å². The van der Waals surface area contributed by atoms with Crippen LogP contribution in [0.3, 0.4) is 0 Å². The average Bonchev–Trinajstić information content (AvgIpc) is 2.69.